The Kier molecular flexibility index (Phi) is 3.16. The maximum Gasteiger partial charge on any atom is 0.139 e. The zero-order valence-electron chi connectivity index (χ0n) is 13.7. The third-order valence-corrected chi connectivity index (χ3v) is 7.94. The van der Waals surface area contributed by atoms with Gasteiger partial charge in [0, 0.05) is 17.3 Å². The molecule has 3 saturated carbocycles. The quantitative estimate of drug-likeness (QED) is 0.677. The predicted molar refractivity (Wildman–Crippen MR) is 84.1 cm³/mol. The van der Waals surface area contributed by atoms with Gasteiger partial charge in [-0.3, -0.25) is 4.79 Å². The van der Waals surface area contributed by atoms with E-state index in [1.807, 2.05) is 0 Å². The molecule has 0 radical (unpaired) electrons. The van der Waals surface area contributed by atoms with Gasteiger partial charge in [-0.05, 0) is 56.3 Å². The van der Waals surface area contributed by atoms with Crippen molar-refractivity contribution >= 4 is 5.78 Å². The van der Waals surface area contributed by atoms with Crippen LogP contribution in [0.3, 0.4) is 0 Å². The van der Waals surface area contributed by atoms with Crippen molar-refractivity contribution < 1.29 is 15.0 Å². The maximum atomic E-state index is 12.4. The number of ketones is 1. The number of carbonyl (C=O) groups is 1. The number of hydrogen-bond acceptors (Lipinski definition) is 3. The number of aliphatic hydroxyl groups excluding tert-OH is 2. The Labute approximate surface area is 132 Å². The number of rotatable bonds is 0. The Balaban J connectivity index is 1.73. The lowest BCUT2D eigenvalue weighted by Gasteiger charge is -2.58. The van der Waals surface area contributed by atoms with Crippen LogP contribution in [0.15, 0.2) is 11.6 Å². The molecule has 3 heteroatoms. The minimum Gasteiger partial charge on any atom is -0.390 e. The van der Waals surface area contributed by atoms with E-state index in [1.165, 1.54) is 5.57 Å². The van der Waals surface area contributed by atoms with Gasteiger partial charge in [0.15, 0.2) is 0 Å². The molecule has 3 fully saturated rings. The first-order valence-corrected chi connectivity index (χ1v) is 8.98. The molecule has 4 aliphatic carbocycles. The van der Waals surface area contributed by atoms with Crippen LogP contribution in [0, 0.1) is 28.6 Å². The monoisotopic (exact) mass is 304 g/mol. The van der Waals surface area contributed by atoms with Crippen LogP contribution in [0.4, 0.5) is 0 Å². The van der Waals surface area contributed by atoms with Gasteiger partial charge in [0.1, 0.15) is 5.78 Å². The van der Waals surface area contributed by atoms with Gasteiger partial charge >= 0.3 is 0 Å². The lowest BCUT2D eigenvalue weighted by atomic mass is 9.46. The van der Waals surface area contributed by atoms with E-state index in [4.69, 9.17) is 0 Å². The van der Waals surface area contributed by atoms with Crippen LogP contribution in [0.2, 0.25) is 0 Å². The second-order valence-corrected chi connectivity index (χ2v) is 8.59. The summed E-state index contributed by atoms with van der Waals surface area (Å²) in [6.07, 6.45) is 7.42. The molecular weight excluding hydrogens is 276 g/mol. The molecule has 0 aliphatic heterocycles. The molecule has 0 aromatic rings. The molecule has 0 spiro atoms. The summed E-state index contributed by atoms with van der Waals surface area (Å²) in [6.45, 7) is 4.35. The fourth-order valence-electron chi connectivity index (χ4n) is 6.56. The van der Waals surface area contributed by atoms with Crippen molar-refractivity contribution in [3.05, 3.63) is 11.6 Å². The van der Waals surface area contributed by atoms with E-state index in [2.05, 4.69) is 19.9 Å². The van der Waals surface area contributed by atoms with Crippen molar-refractivity contribution in [2.24, 2.45) is 28.6 Å². The molecule has 4 rings (SSSR count). The van der Waals surface area contributed by atoms with Gasteiger partial charge in [-0.1, -0.05) is 25.5 Å². The van der Waals surface area contributed by atoms with E-state index in [1.54, 1.807) is 0 Å². The SMILES string of the molecule is CC12CCC3C(CCC4=CCC(O)C(O)C43C)C1CCC2=O. The van der Waals surface area contributed by atoms with Crippen LogP contribution in [0.5, 0.6) is 0 Å². The molecule has 0 aromatic heterocycles. The predicted octanol–water partition coefficient (Wildman–Crippen LogP) is 2.85. The summed E-state index contributed by atoms with van der Waals surface area (Å²) in [5, 5.41) is 21.0. The summed E-state index contributed by atoms with van der Waals surface area (Å²) in [4.78, 5) is 12.4. The van der Waals surface area contributed by atoms with Gasteiger partial charge in [0.25, 0.3) is 0 Å². The fraction of sp³-hybridized carbons (Fsp3) is 0.842. The number of hydrogen-bond donors (Lipinski definition) is 2. The van der Waals surface area contributed by atoms with Gasteiger partial charge < -0.3 is 10.2 Å². The molecule has 22 heavy (non-hydrogen) atoms. The first-order valence-electron chi connectivity index (χ1n) is 8.98. The van der Waals surface area contributed by atoms with E-state index >= 15 is 0 Å². The third kappa shape index (κ3) is 1.67. The van der Waals surface area contributed by atoms with Gasteiger partial charge in [0.05, 0.1) is 12.2 Å². The van der Waals surface area contributed by atoms with E-state index < -0.39 is 12.2 Å². The normalized spacial score (nSPS) is 54.3. The summed E-state index contributed by atoms with van der Waals surface area (Å²) < 4.78 is 0. The van der Waals surface area contributed by atoms with Crippen LogP contribution < -0.4 is 0 Å². The maximum absolute atomic E-state index is 12.4. The fourth-order valence-corrected chi connectivity index (χ4v) is 6.56. The second-order valence-electron chi connectivity index (χ2n) is 8.59. The van der Waals surface area contributed by atoms with Gasteiger partial charge in [-0.15, -0.1) is 0 Å². The summed E-state index contributed by atoms with van der Waals surface area (Å²) in [7, 11) is 0. The van der Waals surface area contributed by atoms with E-state index in [-0.39, 0.29) is 10.8 Å². The van der Waals surface area contributed by atoms with E-state index in [0.29, 0.717) is 30.0 Å². The highest BCUT2D eigenvalue weighted by Gasteiger charge is 2.61. The lowest BCUT2D eigenvalue weighted by Crippen LogP contribution is -2.57. The molecule has 3 nitrogen and oxygen atoms in total. The molecule has 0 bridgehead atoms. The van der Waals surface area contributed by atoms with Gasteiger partial charge in [-0.2, -0.15) is 0 Å². The Bertz CT molecular complexity index is 539. The highest BCUT2D eigenvalue weighted by atomic mass is 16.3. The Morgan fingerprint density at radius 1 is 1.09 bits per heavy atom. The van der Waals surface area contributed by atoms with E-state index in [0.717, 1.165) is 38.5 Å². The highest BCUT2D eigenvalue weighted by molar-refractivity contribution is 5.87. The average Bonchev–Trinajstić information content (AvgIpc) is 2.80. The molecule has 4 aliphatic rings. The Hall–Kier alpha value is -0.670. The van der Waals surface area contributed by atoms with Crippen LogP contribution >= 0.6 is 0 Å². The Morgan fingerprint density at radius 3 is 2.64 bits per heavy atom. The molecule has 7 unspecified atom stereocenters. The van der Waals surface area contributed by atoms with Crippen molar-refractivity contribution in [3.63, 3.8) is 0 Å². The van der Waals surface area contributed by atoms with Crippen LogP contribution in [0.1, 0.15) is 58.8 Å². The summed E-state index contributed by atoms with van der Waals surface area (Å²) in [6, 6.07) is 0. The average molecular weight is 304 g/mol. The molecule has 0 saturated heterocycles. The topological polar surface area (TPSA) is 57.5 Å². The summed E-state index contributed by atoms with van der Waals surface area (Å²) >= 11 is 0. The molecule has 7 atom stereocenters. The van der Waals surface area contributed by atoms with Crippen molar-refractivity contribution in [2.75, 3.05) is 0 Å². The largest absolute Gasteiger partial charge is 0.390 e. The lowest BCUT2D eigenvalue weighted by molar-refractivity contribution is -0.141. The van der Waals surface area contributed by atoms with Crippen LogP contribution in [-0.2, 0) is 4.79 Å². The molecule has 122 valence electrons. The van der Waals surface area contributed by atoms with Gasteiger partial charge in [-0.25, -0.2) is 0 Å². The third-order valence-electron chi connectivity index (χ3n) is 7.94. The number of aliphatic hydroxyl groups is 2. The minimum absolute atomic E-state index is 0.114. The number of carbonyl (C=O) groups excluding carboxylic acids is 1. The molecule has 2 N–H and O–H groups in total. The zero-order valence-corrected chi connectivity index (χ0v) is 13.7. The molecule has 0 aromatic carbocycles. The van der Waals surface area contributed by atoms with Crippen molar-refractivity contribution in [1.82, 2.24) is 0 Å². The van der Waals surface area contributed by atoms with Gasteiger partial charge in [0.2, 0.25) is 0 Å². The zero-order chi connectivity index (χ0) is 15.7. The van der Waals surface area contributed by atoms with Crippen LogP contribution in [-0.4, -0.2) is 28.2 Å². The van der Waals surface area contributed by atoms with Crippen LogP contribution in [0.25, 0.3) is 0 Å². The smallest absolute Gasteiger partial charge is 0.139 e. The highest BCUT2D eigenvalue weighted by Crippen LogP contribution is 2.64. The standard InChI is InChI=1S/C19H28O3/c1-18-10-9-14-12(13(18)6-8-16(18)21)5-3-11-4-7-15(20)17(22)19(11,14)2/h4,12-15,17,20,22H,3,5-10H2,1-2H3. The second kappa shape index (κ2) is 4.67. The first kappa shape index (κ1) is 14.9. The molecule has 0 heterocycles. The first-order chi connectivity index (χ1) is 10.4. The number of Topliss-reactive ketones (excluding diaryl/α,β-unsaturated/α-hetero) is 1. The molecular formula is C19H28O3. The van der Waals surface area contributed by atoms with E-state index in [9.17, 15) is 15.0 Å². The Morgan fingerprint density at radius 2 is 1.86 bits per heavy atom. The summed E-state index contributed by atoms with van der Waals surface area (Å²) in [5.74, 6) is 1.91. The minimum atomic E-state index is -0.651. The number of fused-ring (bicyclic) bond motifs is 5. The summed E-state index contributed by atoms with van der Waals surface area (Å²) in [5.41, 5.74) is 0.962. The van der Waals surface area contributed by atoms with Crippen molar-refractivity contribution in [3.8, 4) is 0 Å². The molecule has 0 amide bonds. The van der Waals surface area contributed by atoms with Crippen molar-refractivity contribution in [1.29, 1.82) is 0 Å². The van der Waals surface area contributed by atoms with Crippen molar-refractivity contribution in [2.45, 2.75) is 71.0 Å².